The lowest BCUT2D eigenvalue weighted by Gasteiger charge is -2.27. The molecule has 0 saturated carbocycles. The van der Waals surface area contributed by atoms with Crippen molar-refractivity contribution >= 4 is 44.6 Å². The second-order valence-corrected chi connectivity index (χ2v) is 7.17. The molecule has 2 aliphatic heterocycles. The van der Waals surface area contributed by atoms with Crippen molar-refractivity contribution in [1.29, 1.82) is 0 Å². The van der Waals surface area contributed by atoms with E-state index in [1.165, 1.54) is 4.90 Å². The van der Waals surface area contributed by atoms with Gasteiger partial charge in [0, 0.05) is 19.6 Å². The van der Waals surface area contributed by atoms with Crippen LogP contribution >= 0.6 is 0 Å². The van der Waals surface area contributed by atoms with E-state index in [-0.39, 0.29) is 11.9 Å². The Bertz CT molecular complexity index is 671. The fourth-order valence-corrected chi connectivity index (χ4v) is 3.50. The van der Waals surface area contributed by atoms with Crippen molar-refractivity contribution in [2.75, 3.05) is 29.4 Å². The van der Waals surface area contributed by atoms with Crippen molar-refractivity contribution in [3.63, 3.8) is 0 Å². The molecular formula is C13H17N5O4S2. The van der Waals surface area contributed by atoms with Crippen molar-refractivity contribution in [2.24, 2.45) is 0 Å². The van der Waals surface area contributed by atoms with Gasteiger partial charge < -0.3 is 15.1 Å². The van der Waals surface area contributed by atoms with Gasteiger partial charge in [0.15, 0.2) is 0 Å². The summed E-state index contributed by atoms with van der Waals surface area (Å²) in [7, 11) is -1.80. The van der Waals surface area contributed by atoms with Gasteiger partial charge in [-0.1, -0.05) is 4.47 Å². The maximum Gasteiger partial charge on any atom is 0.321 e. The normalized spacial score (nSPS) is 22.9. The molecule has 24 heavy (non-hydrogen) atoms. The van der Waals surface area contributed by atoms with Gasteiger partial charge in [-0.15, -0.1) is 0 Å². The summed E-state index contributed by atoms with van der Waals surface area (Å²) in [6.45, 7) is 1.65. The van der Waals surface area contributed by atoms with Gasteiger partial charge in [-0.3, -0.25) is 14.6 Å². The molecule has 0 bridgehead atoms. The predicted molar refractivity (Wildman–Crippen MR) is 91.3 cm³/mol. The molecule has 2 saturated heterocycles. The summed E-state index contributed by atoms with van der Waals surface area (Å²) in [6.07, 6.45) is 2.74. The number of carbonyl (C=O) groups is 2. The van der Waals surface area contributed by atoms with Crippen LogP contribution in [0.25, 0.3) is 0 Å². The first-order valence-corrected chi connectivity index (χ1v) is 9.47. The lowest BCUT2D eigenvalue weighted by molar-refractivity contribution is -0.128. The number of nitrogens with zero attached hydrogens (tertiary/aromatic N) is 4. The number of carbonyl (C=O) groups excluding carboxylic acids is 2. The molecule has 3 heterocycles. The van der Waals surface area contributed by atoms with Gasteiger partial charge in [0.25, 0.3) is 0 Å². The summed E-state index contributed by atoms with van der Waals surface area (Å²) in [5.41, 5.74) is 0.658. The van der Waals surface area contributed by atoms with E-state index in [9.17, 15) is 19.3 Å². The number of urea groups is 1. The van der Waals surface area contributed by atoms with E-state index in [0.29, 0.717) is 42.0 Å². The minimum absolute atomic E-state index is 0.163. The first-order valence-electron chi connectivity index (χ1n) is 7.41. The summed E-state index contributed by atoms with van der Waals surface area (Å²) in [5, 5.41) is 12.4. The maximum atomic E-state index is 12.3. The van der Waals surface area contributed by atoms with Crippen LogP contribution in [0.15, 0.2) is 18.3 Å². The highest BCUT2D eigenvalue weighted by atomic mass is 32.8. The monoisotopic (exact) mass is 371 g/mol. The third-order valence-electron chi connectivity index (χ3n) is 4.00. The molecule has 2 fully saturated rings. The molecule has 9 nitrogen and oxygen atoms in total. The molecule has 0 radical (unpaired) electrons. The smallest absolute Gasteiger partial charge is 0.321 e. The Kier molecular flexibility index (Phi) is 5.06. The zero-order chi connectivity index (χ0) is 17.3. The fraction of sp³-hybridized carbons (Fsp3) is 0.462. The van der Waals surface area contributed by atoms with Crippen molar-refractivity contribution in [1.82, 2.24) is 14.8 Å². The van der Waals surface area contributed by atoms with E-state index in [2.05, 4.69) is 21.5 Å². The van der Waals surface area contributed by atoms with Crippen LogP contribution in [0.4, 0.5) is 16.3 Å². The van der Waals surface area contributed by atoms with Crippen molar-refractivity contribution in [2.45, 2.75) is 18.9 Å². The minimum atomic E-state index is -1.80. The number of amides is 3. The average molecular weight is 371 g/mol. The van der Waals surface area contributed by atoms with Gasteiger partial charge in [0.2, 0.25) is 5.91 Å². The first kappa shape index (κ1) is 17.2. The van der Waals surface area contributed by atoms with E-state index < -0.39 is 16.0 Å². The molecule has 0 spiro atoms. The lowest BCUT2D eigenvalue weighted by Crippen LogP contribution is -2.46. The number of hydrogen-bond acceptors (Lipinski definition) is 5. The highest BCUT2D eigenvalue weighted by Gasteiger charge is 2.38. The van der Waals surface area contributed by atoms with Crippen LogP contribution in [0.5, 0.6) is 0 Å². The number of aromatic nitrogens is 1. The van der Waals surface area contributed by atoms with Crippen molar-refractivity contribution in [3.8, 4) is 0 Å². The van der Waals surface area contributed by atoms with Crippen LogP contribution in [-0.2, 0) is 25.9 Å². The second kappa shape index (κ2) is 7.07. The molecule has 2 aliphatic rings. The zero-order valence-electron chi connectivity index (χ0n) is 12.7. The van der Waals surface area contributed by atoms with Gasteiger partial charge >= 0.3 is 6.03 Å². The molecule has 0 aromatic carbocycles. The van der Waals surface area contributed by atoms with Crippen LogP contribution in [0.3, 0.4) is 0 Å². The number of pyridine rings is 1. The van der Waals surface area contributed by atoms with E-state index in [4.69, 9.17) is 0 Å². The van der Waals surface area contributed by atoms with Crippen LogP contribution < -0.4 is 15.1 Å². The SMILES string of the molecule is O=C1NCCCN1c1ccc(N2CCC(N(O)S(O)=S)C2=O)nc1. The topological polar surface area (TPSA) is 109 Å². The first-order chi connectivity index (χ1) is 11.5. The molecule has 3 rings (SSSR count). The van der Waals surface area contributed by atoms with E-state index >= 15 is 0 Å². The zero-order valence-corrected chi connectivity index (χ0v) is 14.3. The van der Waals surface area contributed by atoms with Gasteiger partial charge in [0.1, 0.15) is 21.8 Å². The quantitative estimate of drug-likeness (QED) is 0.652. The summed E-state index contributed by atoms with van der Waals surface area (Å²) in [4.78, 5) is 31.5. The van der Waals surface area contributed by atoms with E-state index in [0.717, 1.165) is 6.42 Å². The molecule has 11 heteroatoms. The standard InChI is InChI=1S/C13H17N5O4S2/c19-12-10(18(21)24(22)23)4-7-17(12)11-3-2-9(8-15-11)16-6-1-5-14-13(16)20/h2-3,8,10,21H,1,4-7H2,(H,14,20)(H,22,23). The number of hydroxylamine groups is 1. The Morgan fingerprint density at radius 3 is 2.75 bits per heavy atom. The molecule has 130 valence electrons. The summed E-state index contributed by atoms with van der Waals surface area (Å²) >= 11 is 4.58. The summed E-state index contributed by atoms with van der Waals surface area (Å²) < 4.78 is 9.75. The van der Waals surface area contributed by atoms with Crippen molar-refractivity contribution < 1.29 is 19.3 Å². The van der Waals surface area contributed by atoms with Gasteiger partial charge in [-0.25, -0.2) is 9.78 Å². The fourth-order valence-electron chi connectivity index (χ4n) is 2.78. The van der Waals surface area contributed by atoms with Crippen LogP contribution in [0, 0.1) is 0 Å². The third-order valence-corrected chi connectivity index (χ3v) is 5.04. The van der Waals surface area contributed by atoms with E-state index in [1.807, 2.05) is 0 Å². The van der Waals surface area contributed by atoms with Crippen LogP contribution in [0.1, 0.15) is 12.8 Å². The van der Waals surface area contributed by atoms with Gasteiger partial charge in [-0.2, -0.15) is 0 Å². The average Bonchev–Trinajstić information content (AvgIpc) is 2.96. The second-order valence-electron chi connectivity index (χ2n) is 5.44. The predicted octanol–water partition coefficient (Wildman–Crippen LogP) is 0.266. The number of rotatable bonds is 4. The largest absolute Gasteiger partial charge is 0.338 e. The molecule has 1 aromatic rings. The van der Waals surface area contributed by atoms with Crippen LogP contribution in [-0.4, -0.2) is 56.8 Å². The Morgan fingerprint density at radius 2 is 2.12 bits per heavy atom. The number of nitrogens with one attached hydrogen (secondary N) is 1. The minimum Gasteiger partial charge on any atom is -0.338 e. The number of hydrogen-bond donors (Lipinski definition) is 3. The summed E-state index contributed by atoms with van der Waals surface area (Å²) in [5.74, 6) is 0.0594. The van der Waals surface area contributed by atoms with Crippen LogP contribution in [0.2, 0.25) is 0 Å². The molecule has 1 aromatic heterocycles. The molecule has 3 N–H and O–H groups in total. The third kappa shape index (κ3) is 3.26. The Morgan fingerprint density at radius 1 is 1.33 bits per heavy atom. The Labute approximate surface area is 145 Å². The molecule has 0 aliphatic carbocycles. The number of anilines is 2. The maximum absolute atomic E-state index is 12.3. The lowest BCUT2D eigenvalue weighted by atomic mass is 10.3. The highest BCUT2D eigenvalue weighted by Crippen LogP contribution is 2.25. The Balaban J connectivity index is 1.73. The molecule has 3 amide bonds. The van der Waals surface area contributed by atoms with Gasteiger partial charge in [-0.05, 0) is 36.2 Å². The molecular weight excluding hydrogens is 354 g/mol. The summed E-state index contributed by atoms with van der Waals surface area (Å²) in [6, 6.07) is 2.36. The van der Waals surface area contributed by atoms with E-state index in [1.54, 1.807) is 23.2 Å². The molecule has 2 unspecified atom stereocenters. The molecule has 2 atom stereocenters. The highest BCUT2D eigenvalue weighted by molar-refractivity contribution is 8.24. The van der Waals surface area contributed by atoms with Crippen molar-refractivity contribution in [3.05, 3.63) is 18.3 Å². The van der Waals surface area contributed by atoms with Gasteiger partial charge in [0.05, 0.1) is 11.9 Å². The Hall–Kier alpha value is -1.66.